The summed E-state index contributed by atoms with van der Waals surface area (Å²) in [6.45, 7) is -0.450. The molecule has 10 heteroatoms. The summed E-state index contributed by atoms with van der Waals surface area (Å²) in [6, 6.07) is 8.53. The molecule has 2 rings (SSSR count). The molecule has 2 amide bonds. The predicted octanol–water partition coefficient (Wildman–Crippen LogP) is 2.44. The van der Waals surface area contributed by atoms with Gasteiger partial charge in [0.1, 0.15) is 11.6 Å². The smallest absolute Gasteiger partial charge is 0.337 e. The van der Waals surface area contributed by atoms with Gasteiger partial charge in [-0.1, -0.05) is 0 Å². The molecule has 0 radical (unpaired) electrons. The topological polar surface area (TPSA) is 111 Å². The van der Waals surface area contributed by atoms with Crippen LogP contribution in [-0.4, -0.2) is 44.0 Å². The Bertz CT molecular complexity index is 963. The minimum atomic E-state index is -0.983. The van der Waals surface area contributed by atoms with Gasteiger partial charge in [0.25, 0.3) is 11.8 Å². The number of amides is 2. The molecule has 0 aliphatic rings. The number of carbonyl (C=O) groups excluding carboxylic acids is 4. The number of halogens is 2. The molecule has 2 aromatic rings. The van der Waals surface area contributed by atoms with Crippen molar-refractivity contribution in [2.75, 3.05) is 25.6 Å². The highest BCUT2D eigenvalue weighted by atomic mass is 19.1. The summed E-state index contributed by atoms with van der Waals surface area (Å²) in [4.78, 5) is 46.7. The lowest BCUT2D eigenvalue weighted by Crippen LogP contribution is -2.26. The van der Waals surface area contributed by atoms with E-state index in [-0.39, 0.29) is 24.9 Å². The van der Waals surface area contributed by atoms with E-state index in [4.69, 9.17) is 4.74 Å². The van der Waals surface area contributed by atoms with Crippen LogP contribution in [0.2, 0.25) is 0 Å². The molecule has 0 saturated heterocycles. The minimum absolute atomic E-state index is 0.0590. The van der Waals surface area contributed by atoms with Crippen LogP contribution in [0.25, 0.3) is 0 Å². The van der Waals surface area contributed by atoms with Crippen molar-refractivity contribution in [2.24, 2.45) is 0 Å². The van der Waals surface area contributed by atoms with Crippen molar-refractivity contribution in [3.8, 4) is 0 Å². The van der Waals surface area contributed by atoms with Gasteiger partial charge in [0.2, 0.25) is 0 Å². The molecular weight excluding hydrogens is 414 g/mol. The molecule has 0 aliphatic heterocycles. The van der Waals surface area contributed by atoms with Gasteiger partial charge in [-0.15, -0.1) is 0 Å². The van der Waals surface area contributed by atoms with Gasteiger partial charge in [-0.2, -0.15) is 0 Å². The van der Waals surface area contributed by atoms with Crippen LogP contribution in [0.15, 0.2) is 42.5 Å². The summed E-state index contributed by atoms with van der Waals surface area (Å²) >= 11 is 0. The maximum absolute atomic E-state index is 13.5. The van der Waals surface area contributed by atoms with Crippen LogP contribution < -0.4 is 10.6 Å². The van der Waals surface area contributed by atoms with Crippen LogP contribution in [0.4, 0.5) is 14.5 Å². The first kappa shape index (κ1) is 23.5. The first-order chi connectivity index (χ1) is 14.8. The van der Waals surface area contributed by atoms with E-state index in [1.807, 2.05) is 0 Å². The molecular formula is C21H20F2N2O6. The van der Waals surface area contributed by atoms with Crippen molar-refractivity contribution in [3.05, 3.63) is 65.2 Å². The third-order valence-electron chi connectivity index (χ3n) is 3.97. The average Bonchev–Trinajstić information content (AvgIpc) is 2.75. The van der Waals surface area contributed by atoms with Crippen molar-refractivity contribution < 1.29 is 37.4 Å². The fraction of sp³-hybridized carbons (Fsp3) is 0.238. The Morgan fingerprint density at radius 1 is 1.00 bits per heavy atom. The van der Waals surface area contributed by atoms with Crippen molar-refractivity contribution in [3.63, 3.8) is 0 Å². The van der Waals surface area contributed by atoms with Crippen LogP contribution >= 0.6 is 0 Å². The summed E-state index contributed by atoms with van der Waals surface area (Å²) in [6.07, 6.45) is 0.122. The third kappa shape index (κ3) is 7.50. The number of hydrogen-bond donors (Lipinski definition) is 2. The fourth-order valence-corrected chi connectivity index (χ4v) is 2.43. The standard InChI is InChI=1S/C21H20F2N2O6/c1-30-21(29)13-4-7-15(8-5-13)25-18(26)12-31-19(27)3-2-10-24-20(28)16-9-6-14(22)11-17(16)23/h4-9,11H,2-3,10,12H2,1H3,(H,24,28)(H,25,26). The molecule has 0 saturated carbocycles. The van der Waals surface area contributed by atoms with Gasteiger partial charge in [-0.05, 0) is 42.8 Å². The number of methoxy groups -OCH3 is 1. The van der Waals surface area contributed by atoms with E-state index in [0.29, 0.717) is 17.3 Å². The zero-order valence-corrected chi connectivity index (χ0v) is 16.6. The second-order valence-corrected chi connectivity index (χ2v) is 6.26. The molecule has 0 aliphatic carbocycles. The molecule has 2 N–H and O–H groups in total. The summed E-state index contributed by atoms with van der Waals surface area (Å²) in [7, 11) is 1.26. The molecule has 2 aromatic carbocycles. The molecule has 0 bridgehead atoms. The Balaban J connectivity index is 1.65. The highest BCUT2D eigenvalue weighted by Crippen LogP contribution is 2.11. The molecule has 31 heavy (non-hydrogen) atoms. The van der Waals surface area contributed by atoms with Gasteiger partial charge in [-0.3, -0.25) is 14.4 Å². The molecule has 8 nitrogen and oxygen atoms in total. The number of esters is 2. The molecule has 0 fully saturated rings. The highest BCUT2D eigenvalue weighted by Gasteiger charge is 2.13. The SMILES string of the molecule is COC(=O)c1ccc(NC(=O)COC(=O)CCCNC(=O)c2ccc(F)cc2F)cc1. The summed E-state index contributed by atoms with van der Waals surface area (Å²) in [5.41, 5.74) is 0.422. The van der Waals surface area contributed by atoms with E-state index < -0.39 is 42.0 Å². The van der Waals surface area contributed by atoms with Crippen LogP contribution in [0, 0.1) is 11.6 Å². The van der Waals surface area contributed by atoms with Crippen LogP contribution in [0.1, 0.15) is 33.6 Å². The molecule has 0 heterocycles. The van der Waals surface area contributed by atoms with E-state index in [1.54, 1.807) is 0 Å². The number of rotatable bonds is 9. The summed E-state index contributed by atoms with van der Waals surface area (Å²) in [5, 5.41) is 4.91. The van der Waals surface area contributed by atoms with Gasteiger partial charge in [0.15, 0.2) is 6.61 Å². The second-order valence-electron chi connectivity index (χ2n) is 6.26. The van der Waals surface area contributed by atoms with E-state index in [9.17, 15) is 28.0 Å². The van der Waals surface area contributed by atoms with Crippen molar-refractivity contribution in [2.45, 2.75) is 12.8 Å². The Morgan fingerprint density at radius 2 is 1.71 bits per heavy atom. The van der Waals surface area contributed by atoms with E-state index in [1.165, 1.54) is 31.4 Å². The Kier molecular flexibility index (Phi) is 8.62. The third-order valence-corrected chi connectivity index (χ3v) is 3.97. The maximum atomic E-state index is 13.5. The first-order valence-electron chi connectivity index (χ1n) is 9.17. The first-order valence-corrected chi connectivity index (χ1v) is 9.17. The van der Waals surface area contributed by atoms with Crippen LogP contribution in [0.5, 0.6) is 0 Å². The molecule has 0 unspecified atom stereocenters. The van der Waals surface area contributed by atoms with Gasteiger partial charge in [-0.25, -0.2) is 13.6 Å². The fourth-order valence-electron chi connectivity index (χ4n) is 2.43. The van der Waals surface area contributed by atoms with Crippen molar-refractivity contribution in [1.29, 1.82) is 0 Å². The molecule has 0 atom stereocenters. The quantitative estimate of drug-likeness (QED) is 0.463. The second kappa shape index (κ2) is 11.4. The van der Waals surface area contributed by atoms with Crippen LogP contribution in [0.3, 0.4) is 0 Å². The largest absolute Gasteiger partial charge is 0.465 e. The van der Waals surface area contributed by atoms with Gasteiger partial charge >= 0.3 is 11.9 Å². The van der Waals surface area contributed by atoms with Crippen molar-refractivity contribution >= 4 is 29.4 Å². The summed E-state index contributed by atoms with van der Waals surface area (Å²) < 4.78 is 35.8. The maximum Gasteiger partial charge on any atom is 0.337 e. The average molecular weight is 434 g/mol. The minimum Gasteiger partial charge on any atom is -0.465 e. The lowest BCUT2D eigenvalue weighted by Gasteiger charge is -2.08. The van der Waals surface area contributed by atoms with Gasteiger partial charge in [0, 0.05) is 24.7 Å². The zero-order valence-electron chi connectivity index (χ0n) is 16.6. The predicted molar refractivity (Wildman–Crippen MR) is 105 cm³/mol. The number of ether oxygens (including phenoxy) is 2. The molecule has 0 spiro atoms. The molecule has 0 aromatic heterocycles. The van der Waals surface area contributed by atoms with Crippen molar-refractivity contribution in [1.82, 2.24) is 5.32 Å². The highest BCUT2D eigenvalue weighted by molar-refractivity contribution is 5.95. The Morgan fingerprint density at radius 3 is 2.35 bits per heavy atom. The number of nitrogens with one attached hydrogen (secondary N) is 2. The van der Waals surface area contributed by atoms with Gasteiger partial charge < -0.3 is 20.1 Å². The van der Waals surface area contributed by atoms with E-state index >= 15 is 0 Å². The normalized spacial score (nSPS) is 10.2. The Hall–Kier alpha value is -3.82. The zero-order chi connectivity index (χ0) is 22.8. The van der Waals surface area contributed by atoms with E-state index in [0.717, 1.165) is 12.1 Å². The van der Waals surface area contributed by atoms with Gasteiger partial charge in [0.05, 0.1) is 18.2 Å². The van der Waals surface area contributed by atoms with E-state index in [2.05, 4.69) is 15.4 Å². The number of anilines is 1. The number of carbonyl (C=O) groups is 4. The summed E-state index contributed by atoms with van der Waals surface area (Å²) in [5.74, 6) is -4.24. The molecule has 164 valence electrons. The lowest BCUT2D eigenvalue weighted by molar-refractivity contribution is -0.147. The monoisotopic (exact) mass is 434 g/mol. The Labute approximate surface area is 176 Å². The lowest BCUT2D eigenvalue weighted by atomic mass is 10.2. The van der Waals surface area contributed by atoms with Crippen LogP contribution in [-0.2, 0) is 19.1 Å². The number of benzene rings is 2. The number of hydrogen-bond acceptors (Lipinski definition) is 6.